The van der Waals surface area contributed by atoms with Crippen LogP contribution in [0.5, 0.6) is 11.5 Å². The van der Waals surface area contributed by atoms with Gasteiger partial charge in [-0.25, -0.2) is 0 Å². The van der Waals surface area contributed by atoms with Crippen LogP contribution >= 0.6 is 0 Å². The molecular weight excluding hydrogens is 279 g/mol. The van der Waals surface area contributed by atoms with Crippen LogP contribution in [0.25, 0.3) is 0 Å². The molecule has 3 aromatic carbocycles. The van der Waals surface area contributed by atoms with Crippen LogP contribution in [-0.2, 0) is 5.41 Å². The summed E-state index contributed by atoms with van der Waals surface area (Å²) in [5, 5.41) is 0. The lowest BCUT2D eigenvalue weighted by Crippen LogP contribution is -2.62. The summed E-state index contributed by atoms with van der Waals surface area (Å²) in [4.78, 5) is 0. The Labute approximate surface area is 137 Å². The van der Waals surface area contributed by atoms with E-state index in [-0.39, 0.29) is 12.1 Å². The highest BCUT2D eigenvalue weighted by atomic mass is 16.5. The van der Waals surface area contributed by atoms with Crippen molar-refractivity contribution in [2.45, 2.75) is 19.3 Å². The maximum Gasteiger partial charge on any atom is 0.251 e. The van der Waals surface area contributed by atoms with Gasteiger partial charge in [-0.3, -0.25) is 0 Å². The van der Waals surface area contributed by atoms with E-state index in [0.717, 1.165) is 11.5 Å². The second kappa shape index (κ2) is 4.29. The minimum atomic E-state index is -0.00587. The first kappa shape index (κ1) is 13.0. The molecule has 2 aliphatic rings. The molecule has 1 nitrogen and oxygen atoms in total. The molecule has 0 saturated heterocycles. The molecule has 0 aromatic heterocycles. The van der Waals surface area contributed by atoms with Crippen molar-refractivity contribution in [1.29, 1.82) is 0 Å². The molecule has 0 unspecified atom stereocenters. The van der Waals surface area contributed by atoms with Crippen molar-refractivity contribution in [2.75, 3.05) is 0 Å². The lowest BCUT2D eigenvalue weighted by atomic mass is 9.31. The van der Waals surface area contributed by atoms with Gasteiger partial charge in [0.25, 0.3) is 6.71 Å². The molecule has 0 amide bonds. The van der Waals surface area contributed by atoms with Gasteiger partial charge < -0.3 is 4.74 Å². The maximum atomic E-state index is 6.23. The Morgan fingerprint density at radius 3 is 2.22 bits per heavy atom. The largest absolute Gasteiger partial charge is 0.458 e. The van der Waals surface area contributed by atoms with E-state index in [9.17, 15) is 0 Å². The smallest absolute Gasteiger partial charge is 0.251 e. The monoisotopic (exact) mass is 296 g/mol. The Morgan fingerprint density at radius 1 is 0.696 bits per heavy atom. The highest BCUT2D eigenvalue weighted by Crippen LogP contribution is 2.37. The number of ether oxygens (including phenoxy) is 1. The predicted molar refractivity (Wildman–Crippen MR) is 96.2 cm³/mol. The molecular formula is C21H17BO. The van der Waals surface area contributed by atoms with E-state index in [2.05, 4.69) is 74.5 Å². The van der Waals surface area contributed by atoms with E-state index in [0.29, 0.717) is 0 Å². The Kier molecular flexibility index (Phi) is 2.43. The van der Waals surface area contributed by atoms with Crippen molar-refractivity contribution in [3.8, 4) is 11.5 Å². The van der Waals surface area contributed by atoms with Crippen LogP contribution in [0.2, 0.25) is 0 Å². The Morgan fingerprint density at radius 2 is 1.35 bits per heavy atom. The molecule has 2 heteroatoms. The first-order valence-corrected chi connectivity index (χ1v) is 8.17. The van der Waals surface area contributed by atoms with Gasteiger partial charge in [-0.05, 0) is 34.2 Å². The van der Waals surface area contributed by atoms with Crippen molar-refractivity contribution in [1.82, 2.24) is 0 Å². The summed E-state index contributed by atoms with van der Waals surface area (Å²) in [5.74, 6) is 1.99. The summed E-state index contributed by atoms with van der Waals surface area (Å²) in [6.45, 7) is 4.91. The third-order valence-electron chi connectivity index (χ3n) is 5.42. The fourth-order valence-electron chi connectivity index (χ4n) is 4.35. The molecule has 0 saturated carbocycles. The summed E-state index contributed by atoms with van der Waals surface area (Å²) in [6, 6.07) is 23.8. The molecule has 2 heterocycles. The molecule has 23 heavy (non-hydrogen) atoms. The van der Waals surface area contributed by atoms with E-state index in [1.807, 2.05) is 6.07 Å². The fraction of sp³-hybridized carbons (Fsp3) is 0.143. The van der Waals surface area contributed by atoms with Crippen LogP contribution in [0, 0.1) is 0 Å². The Balaban J connectivity index is 1.92. The number of hydrogen-bond acceptors (Lipinski definition) is 1. The molecule has 0 spiro atoms. The first-order chi connectivity index (χ1) is 11.2. The molecule has 3 aromatic rings. The van der Waals surface area contributed by atoms with Crippen molar-refractivity contribution in [2.24, 2.45) is 0 Å². The minimum Gasteiger partial charge on any atom is -0.458 e. The van der Waals surface area contributed by atoms with Crippen LogP contribution < -0.4 is 21.1 Å². The third kappa shape index (κ3) is 1.58. The second-order valence-electron chi connectivity index (χ2n) is 7.00. The lowest BCUT2D eigenvalue weighted by Gasteiger charge is -2.41. The van der Waals surface area contributed by atoms with Gasteiger partial charge in [0.15, 0.2) is 0 Å². The van der Waals surface area contributed by atoms with Crippen molar-refractivity contribution >= 4 is 23.1 Å². The molecule has 110 valence electrons. The van der Waals surface area contributed by atoms with E-state index >= 15 is 0 Å². The lowest BCUT2D eigenvalue weighted by molar-refractivity contribution is 0.484. The molecule has 0 aliphatic carbocycles. The Bertz CT molecular complexity index is 942. The minimum absolute atomic E-state index is 0.00587. The molecule has 0 fully saturated rings. The van der Waals surface area contributed by atoms with Crippen LogP contribution in [0.1, 0.15) is 25.0 Å². The van der Waals surface area contributed by atoms with Crippen LogP contribution in [0.15, 0.2) is 66.7 Å². The molecule has 0 bridgehead atoms. The van der Waals surface area contributed by atoms with Gasteiger partial charge in [-0.15, -0.1) is 0 Å². The summed E-state index contributed by atoms with van der Waals surface area (Å²) in [5.41, 5.74) is 6.83. The molecule has 2 aliphatic heterocycles. The number of fused-ring (bicyclic) bond motifs is 4. The average molecular weight is 296 g/mol. The van der Waals surface area contributed by atoms with Gasteiger partial charge in [0.1, 0.15) is 11.5 Å². The van der Waals surface area contributed by atoms with E-state index in [1.54, 1.807) is 0 Å². The van der Waals surface area contributed by atoms with Gasteiger partial charge in [0, 0.05) is 5.41 Å². The number of para-hydroxylation sites is 1. The summed E-state index contributed by atoms with van der Waals surface area (Å²) in [6.07, 6.45) is 0. The zero-order chi connectivity index (χ0) is 15.6. The van der Waals surface area contributed by atoms with Crippen LogP contribution in [-0.4, -0.2) is 6.71 Å². The van der Waals surface area contributed by atoms with Gasteiger partial charge in [-0.2, -0.15) is 0 Å². The SMILES string of the molecule is CC1(C)c2ccccc2B2c3ccccc3Oc3cccc1c32. The fourth-order valence-corrected chi connectivity index (χ4v) is 4.35. The normalized spacial score (nSPS) is 16.0. The summed E-state index contributed by atoms with van der Waals surface area (Å²) < 4.78 is 6.23. The van der Waals surface area contributed by atoms with Crippen LogP contribution in [0.4, 0.5) is 0 Å². The number of benzene rings is 3. The van der Waals surface area contributed by atoms with Crippen molar-refractivity contribution in [3.05, 3.63) is 77.9 Å². The maximum absolute atomic E-state index is 6.23. The zero-order valence-corrected chi connectivity index (χ0v) is 13.3. The Hall–Kier alpha value is -2.48. The first-order valence-electron chi connectivity index (χ1n) is 8.17. The quantitative estimate of drug-likeness (QED) is 0.453. The van der Waals surface area contributed by atoms with Crippen molar-refractivity contribution in [3.63, 3.8) is 0 Å². The topological polar surface area (TPSA) is 9.23 Å². The van der Waals surface area contributed by atoms with Gasteiger partial charge in [0.05, 0.1) is 0 Å². The number of rotatable bonds is 0. The highest BCUT2D eigenvalue weighted by Gasteiger charge is 2.44. The molecule has 0 N–H and O–H groups in total. The average Bonchev–Trinajstić information content (AvgIpc) is 2.58. The number of hydrogen-bond donors (Lipinski definition) is 0. The van der Waals surface area contributed by atoms with Crippen LogP contribution in [0.3, 0.4) is 0 Å². The second-order valence-corrected chi connectivity index (χ2v) is 7.00. The van der Waals surface area contributed by atoms with E-state index < -0.39 is 0 Å². The summed E-state index contributed by atoms with van der Waals surface area (Å²) >= 11 is 0. The highest BCUT2D eigenvalue weighted by molar-refractivity contribution is 6.97. The van der Waals surface area contributed by atoms with Crippen molar-refractivity contribution < 1.29 is 4.74 Å². The van der Waals surface area contributed by atoms with E-state index in [1.165, 1.54) is 27.5 Å². The predicted octanol–water partition coefficient (Wildman–Crippen LogP) is 2.95. The summed E-state index contributed by atoms with van der Waals surface area (Å²) in [7, 11) is 0. The zero-order valence-electron chi connectivity index (χ0n) is 13.3. The molecule has 5 rings (SSSR count). The van der Waals surface area contributed by atoms with Gasteiger partial charge in [0.2, 0.25) is 0 Å². The standard InChI is InChI=1S/C21H17BO/c1-21(2)14-8-3-4-10-16(14)22-17-11-5-6-12-18(17)23-19-13-7-9-15(21)20(19)22/h3-13H,1-2H3. The van der Waals surface area contributed by atoms with Gasteiger partial charge in [-0.1, -0.05) is 73.9 Å². The third-order valence-corrected chi connectivity index (χ3v) is 5.42. The van der Waals surface area contributed by atoms with Gasteiger partial charge >= 0.3 is 0 Å². The molecule has 0 atom stereocenters. The van der Waals surface area contributed by atoms with E-state index in [4.69, 9.17) is 4.74 Å². The molecule has 0 radical (unpaired) electrons.